The Bertz CT molecular complexity index is 491. The van der Waals surface area contributed by atoms with Crippen LogP contribution >= 0.6 is 24.2 Å². The molecule has 22 heavy (non-hydrogen) atoms. The van der Waals surface area contributed by atoms with E-state index in [0.29, 0.717) is 6.42 Å². The zero-order chi connectivity index (χ0) is 15.2. The molecule has 1 aliphatic rings. The molecule has 1 saturated heterocycles. The van der Waals surface area contributed by atoms with E-state index in [2.05, 4.69) is 10.6 Å². The van der Waals surface area contributed by atoms with Crippen LogP contribution in [0.2, 0.25) is 0 Å². The smallest absolute Gasteiger partial charge is 0.225 e. The molecule has 0 saturated carbocycles. The maximum atomic E-state index is 12.1. The predicted molar refractivity (Wildman–Crippen MR) is 96.6 cm³/mol. The fourth-order valence-corrected chi connectivity index (χ4v) is 3.25. The number of rotatable bonds is 5. The number of thioether (sulfide) groups is 1. The Morgan fingerprint density at radius 2 is 2.27 bits per heavy atom. The molecule has 2 rings (SSSR count). The summed E-state index contributed by atoms with van der Waals surface area (Å²) in [4.78, 5) is 12.1. The van der Waals surface area contributed by atoms with E-state index in [0.717, 1.165) is 35.1 Å². The number of anilines is 1. The van der Waals surface area contributed by atoms with Gasteiger partial charge in [-0.15, -0.1) is 12.4 Å². The van der Waals surface area contributed by atoms with Crippen LogP contribution in [0.25, 0.3) is 0 Å². The number of hydrogen-bond donors (Lipinski definition) is 2. The van der Waals surface area contributed by atoms with Gasteiger partial charge in [0.1, 0.15) is 5.75 Å². The highest BCUT2D eigenvalue weighted by molar-refractivity contribution is 7.99. The molecule has 1 amide bonds. The van der Waals surface area contributed by atoms with Gasteiger partial charge >= 0.3 is 0 Å². The molecule has 0 aromatic heterocycles. The first-order valence-corrected chi connectivity index (χ1v) is 8.58. The van der Waals surface area contributed by atoms with E-state index in [1.807, 2.05) is 50.7 Å². The van der Waals surface area contributed by atoms with Crippen LogP contribution < -0.4 is 15.4 Å². The van der Waals surface area contributed by atoms with Crippen LogP contribution in [0.4, 0.5) is 5.69 Å². The highest BCUT2D eigenvalue weighted by Gasteiger charge is 2.16. The molecule has 1 unspecified atom stereocenters. The Morgan fingerprint density at radius 1 is 1.50 bits per heavy atom. The van der Waals surface area contributed by atoms with Crippen molar-refractivity contribution in [3.63, 3.8) is 0 Å². The molecule has 0 bridgehead atoms. The van der Waals surface area contributed by atoms with Gasteiger partial charge in [-0.1, -0.05) is 0 Å². The Morgan fingerprint density at radius 3 is 2.86 bits per heavy atom. The minimum Gasteiger partial charge on any atom is -0.491 e. The fraction of sp³-hybridized carbons (Fsp3) is 0.562. The van der Waals surface area contributed by atoms with Crippen LogP contribution in [0.15, 0.2) is 18.2 Å². The van der Waals surface area contributed by atoms with Gasteiger partial charge in [0.05, 0.1) is 6.10 Å². The molecule has 2 N–H and O–H groups in total. The third-order valence-corrected chi connectivity index (χ3v) is 4.38. The molecule has 1 aromatic carbocycles. The molecule has 0 aliphatic carbocycles. The van der Waals surface area contributed by atoms with Crippen molar-refractivity contribution in [3.8, 4) is 5.75 Å². The Hall–Kier alpha value is -0.910. The number of halogens is 1. The van der Waals surface area contributed by atoms with E-state index in [1.54, 1.807) is 0 Å². The lowest BCUT2D eigenvalue weighted by molar-refractivity contribution is -0.116. The van der Waals surface area contributed by atoms with Gasteiger partial charge in [-0.05, 0) is 44.5 Å². The topological polar surface area (TPSA) is 50.4 Å². The number of carbonyl (C=O) groups is 1. The minimum absolute atomic E-state index is 0. The maximum Gasteiger partial charge on any atom is 0.225 e. The first-order valence-electron chi connectivity index (χ1n) is 7.43. The first kappa shape index (κ1) is 19.1. The largest absolute Gasteiger partial charge is 0.491 e. The minimum atomic E-state index is 0. The van der Waals surface area contributed by atoms with Crippen molar-refractivity contribution in [2.75, 3.05) is 23.4 Å². The van der Waals surface area contributed by atoms with E-state index < -0.39 is 0 Å². The van der Waals surface area contributed by atoms with E-state index in [4.69, 9.17) is 4.74 Å². The van der Waals surface area contributed by atoms with Crippen LogP contribution in [0.3, 0.4) is 0 Å². The number of aryl methyl sites for hydroxylation is 1. The number of carbonyl (C=O) groups excluding carboxylic acids is 1. The summed E-state index contributed by atoms with van der Waals surface area (Å²) in [6.45, 7) is 6.99. The molecular formula is C16H25ClN2O2S. The summed E-state index contributed by atoms with van der Waals surface area (Å²) < 4.78 is 5.70. The summed E-state index contributed by atoms with van der Waals surface area (Å²) in [6, 6.07) is 6.05. The number of nitrogens with one attached hydrogen (secondary N) is 2. The van der Waals surface area contributed by atoms with E-state index in [-0.39, 0.29) is 30.5 Å². The molecule has 1 aromatic rings. The van der Waals surface area contributed by atoms with Gasteiger partial charge in [0.2, 0.25) is 5.91 Å². The maximum absolute atomic E-state index is 12.1. The highest BCUT2D eigenvalue weighted by Crippen LogP contribution is 2.23. The Balaban J connectivity index is 0.00000242. The summed E-state index contributed by atoms with van der Waals surface area (Å²) in [5.41, 5.74) is 1.87. The van der Waals surface area contributed by atoms with Crippen molar-refractivity contribution in [2.24, 2.45) is 0 Å². The second-order valence-electron chi connectivity index (χ2n) is 5.63. The van der Waals surface area contributed by atoms with Crippen LogP contribution in [0.1, 0.15) is 25.8 Å². The Kier molecular flexibility index (Phi) is 8.07. The van der Waals surface area contributed by atoms with Gasteiger partial charge in [-0.25, -0.2) is 0 Å². The summed E-state index contributed by atoms with van der Waals surface area (Å²) >= 11 is 1.90. The van der Waals surface area contributed by atoms with Gasteiger partial charge in [0, 0.05) is 36.2 Å². The van der Waals surface area contributed by atoms with Crippen molar-refractivity contribution in [1.82, 2.24) is 5.32 Å². The normalized spacial score (nSPS) is 17.7. The molecule has 1 atom stereocenters. The van der Waals surface area contributed by atoms with Gasteiger partial charge in [0.25, 0.3) is 0 Å². The van der Waals surface area contributed by atoms with Crippen LogP contribution in [-0.2, 0) is 4.79 Å². The van der Waals surface area contributed by atoms with Crippen LogP contribution in [0.5, 0.6) is 5.75 Å². The van der Waals surface area contributed by atoms with Crippen LogP contribution in [-0.4, -0.2) is 36.1 Å². The molecule has 1 fully saturated rings. The predicted octanol–water partition coefficient (Wildman–Crippen LogP) is 3.24. The van der Waals surface area contributed by atoms with Gasteiger partial charge in [0.15, 0.2) is 0 Å². The standard InChI is InChI=1S/C16H24N2O2S.ClH/c1-11(2)20-15-5-4-13(8-12(15)3)18-16(19)9-14-10-21-7-6-17-14;/h4-5,8,11,14,17H,6-7,9-10H2,1-3H3,(H,18,19);1H. The second-order valence-corrected chi connectivity index (χ2v) is 6.77. The molecule has 1 heterocycles. The van der Waals surface area contributed by atoms with Gasteiger partial charge in [-0.2, -0.15) is 11.8 Å². The zero-order valence-electron chi connectivity index (χ0n) is 13.3. The summed E-state index contributed by atoms with van der Waals surface area (Å²) in [6.07, 6.45) is 0.676. The third kappa shape index (κ3) is 6.07. The lowest BCUT2D eigenvalue weighted by atomic mass is 10.1. The zero-order valence-corrected chi connectivity index (χ0v) is 15.0. The molecule has 4 nitrogen and oxygen atoms in total. The van der Waals surface area contributed by atoms with Crippen molar-refractivity contribution in [2.45, 2.75) is 39.3 Å². The SMILES string of the molecule is Cc1cc(NC(=O)CC2CSCCN2)ccc1OC(C)C.Cl. The highest BCUT2D eigenvalue weighted by atomic mass is 35.5. The average Bonchev–Trinajstić information content (AvgIpc) is 2.42. The van der Waals surface area contributed by atoms with Crippen molar-refractivity contribution in [1.29, 1.82) is 0 Å². The summed E-state index contributed by atoms with van der Waals surface area (Å²) in [5, 5.41) is 6.34. The molecule has 1 aliphatic heterocycles. The van der Waals surface area contributed by atoms with Crippen molar-refractivity contribution in [3.05, 3.63) is 23.8 Å². The summed E-state index contributed by atoms with van der Waals surface area (Å²) in [5.74, 6) is 3.07. The van der Waals surface area contributed by atoms with E-state index >= 15 is 0 Å². The molecule has 0 spiro atoms. The molecule has 124 valence electrons. The van der Waals surface area contributed by atoms with Gasteiger partial charge in [-0.3, -0.25) is 4.79 Å². The fourth-order valence-electron chi connectivity index (χ4n) is 2.30. The lowest BCUT2D eigenvalue weighted by Crippen LogP contribution is -2.39. The lowest BCUT2D eigenvalue weighted by Gasteiger charge is -2.22. The molecule has 6 heteroatoms. The van der Waals surface area contributed by atoms with E-state index in [9.17, 15) is 4.79 Å². The van der Waals surface area contributed by atoms with E-state index in [1.165, 1.54) is 0 Å². The molecular weight excluding hydrogens is 320 g/mol. The monoisotopic (exact) mass is 344 g/mol. The van der Waals surface area contributed by atoms with Crippen LogP contribution in [0, 0.1) is 6.92 Å². The number of benzene rings is 1. The number of amides is 1. The molecule has 0 radical (unpaired) electrons. The first-order chi connectivity index (χ1) is 10.0. The Labute approximate surface area is 143 Å². The quantitative estimate of drug-likeness (QED) is 0.861. The number of hydrogen-bond acceptors (Lipinski definition) is 4. The third-order valence-electron chi connectivity index (χ3n) is 3.25. The van der Waals surface area contributed by atoms with Gasteiger partial charge < -0.3 is 15.4 Å². The second kappa shape index (κ2) is 9.28. The van der Waals surface area contributed by atoms with Crippen molar-refractivity contribution >= 4 is 35.8 Å². The van der Waals surface area contributed by atoms with Crippen molar-refractivity contribution < 1.29 is 9.53 Å². The summed E-state index contributed by atoms with van der Waals surface area (Å²) in [7, 11) is 0. The average molecular weight is 345 g/mol. The number of ether oxygens (including phenoxy) is 1.